The van der Waals surface area contributed by atoms with Crippen molar-refractivity contribution in [2.75, 3.05) is 37.8 Å². The monoisotopic (exact) mass is 306 g/mol. The van der Waals surface area contributed by atoms with Crippen LogP contribution in [0.25, 0.3) is 0 Å². The van der Waals surface area contributed by atoms with Crippen molar-refractivity contribution in [1.82, 2.24) is 0 Å². The highest BCUT2D eigenvalue weighted by molar-refractivity contribution is 5.96. The van der Waals surface area contributed by atoms with Crippen LogP contribution in [-0.4, -0.2) is 43.8 Å². The Kier molecular flexibility index (Phi) is 5.48. The number of nitro benzene ring substituents is 1. The Morgan fingerprint density at radius 3 is 2.82 bits per heavy atom. The highest BCUT2D eigenvalue weighted by Crippen LogP contribution is 2.27. The predicted molar refractivity (Wildman–Crippen MR) is 81.2 cm³/mol. The number of non-ortho nitro benzene ring substituents is 1. The molecule has 2 rings (SSSR count). The minimum atomic E-state index is -0.566. The number of hydrogen-bond donors (Lipinski definition) is 0. The molecule has 1 heterocycles. The zero-order chi connectivity index (χ0) is 15.9. The summed E-state index contributed by atoms with van der Waals surface area (Å²) in [5, 5.41) is 10.9. The first kappa shape index (κ1) is 16.0. The van der Waals surface area contributed by atoms with E-state index in [1.807, 2.05) is 11.8 Å². The summed E-state index contributed by atoms with van der Waals surface area (Å²) in [5.74, 6) is -0.566. The molecule has 0 amide bonds. The van der Waals surface area contributed by atoms with Crippen LogP contribution >= 0.6 is 0 Å². The number of esters is 1. The van der Waals surface area contributed by atoms with Gasteiger partial charge in [-0.3, -0.25) is 10.1 Å². The van der Waals surface area contributed by atoms with Crippen molar-refractivity contribution < 1.29 is 19.2 Å². The van der Waals surface area contributed by atoms with Gasteiger partial charge in [-0.2, -0.15) is 0 Å². The Hall–Kier alpha value is -2.41. The van der Waals surface area contributed by atoms with E-state index in [9.17, 15) is 14.9 Å². The number of rotatable bonds is 5. The number of carbonyl (C=O) groups excluding carboxylic acids is 1. The molecule has 22 heavy (non-hydrogen) atoms. The third kappa shape index (κ3) is 3.82. The average molecular weight is 306 g/mol. The minimum Gasteiger partial charge on any atom is -0.458 e. The van der Waals surface area contributed by atoms with Crippen molar-refractivity contribution in [1.29, 1.82) is 0 Å². The summed E-state index contributed by atoms with van der Waals surface area (Å²) in [4.78, 5) is 24.6. The predicted octanol–water partition coefficient (Wildman–Crippen LogP) is 2.16. The van der Waals surface area contributed by atoms with Crippen LogP contribution in [0.2, 0.25) is 0 Å². The first-order valence-corrected chi connectivity index (χ1v) is 7.03. The Bertz CT molecular complexity index is 579. The summed E-state index contributed by atoms with van der Waals surface area (Å²) in [6.07, 6.45) is 3.47. The van der Waals surface area contributed by atoms with Gasteiger partial charge in [0.1, 0.15) is 6.61 Å². The number of nitrogens with zero attached hydrogens (tertiary/aromatic N) is 2. The van der Waals surface area contributed by atoms with Gasteiger partial charge < -0.3 is 14.4 Å². The van der Waals surface area contributed by atoms with Gasteiger partial charge in [-0.15, -0.1) is 0 Å². The van der Waals surface area contributed by atoms with E-state index in [0.717, 1.165) is 0 Å². The number of allylic oxidation sites excluding steroid dienone is 1. The van der Waals surface area contributed by atoms with Gasteiger partial charge in [-0.25, -0.2) is 4.79 Å². The standard InChI is InChI=1S/C15H18N2O5/c1-2-3-8-22-15(18)13-11-12(17(19)20)4-5-14(13)16-6-9-21-10-7-16/h2-5,11H,6-10H2,1H3/b3-2+. The van der Waals surface area contributed by atoms with Gasteiger partial charge in [0.2, 0.25) is 0 Å². The molecule has 0 spiro atoms. The lowest BCUT2D eigenvalue weighted by Gasteiger charge is -2.30. The van der Waals surface area contributed by atoms with Crippen LogP contribution in [0.3, 0.4) is 0 Å². The molecule has 1 aromatic rings. The molecule has 0 aliphatic carbocycles. The lowest BCUT2D eigenvalue weighted by molar-refractivity contribution is -0.384. The van der Waals surface area contributed by atoms with Crippen molar-refractivity contribution >= 4 is 17.3 Å². The van der Waals surface area contributed by atoms with Crippen molar-refractivity contribution in [3.8, 4) is 0 Å². The highest BCUT2D eigenvalue weighted by Gasteiger charge is 2.22. The van der Waals surface area contributed by atoms with Crippen molar-refractivity contribution in [2.24, 2.45) is 0 Å². The molecule has 0 aromatic heterocycles. The molecule has 0 unspecified atom stereocenters. The molecule has 0 radical (unpaired) electrons. The average Bonchev–Trinajstić information content (AvgIpc) is 2.55. The van der Waals surface area contributed by atoms with Crippen LogP contribution in [0.15, 0.2) is 30.4 Å². The van der Waals surface area contributed by atoms with Crippen molar-refractivity contribution in [2.45, 2.75) is 6.92 Å². The molecule has 1 aliphatic rings. The number of morpholine rings is 1. The molecular weight excluding hydrogens is 288 g/mol. The van der Waals surface area contributed by atoms with Crippen LogP contribution in [0, 0.1) is 10.1 Å². The van der Waals surface area contributed by atoms with Crippen LogP contribution in [-0.2, 0) is 9.47 Å². The van der Waals surface area contributed by atoms with Crippen LogP contribution in [0.4, 0.5) is 11.4 Å². The Balaban J connectivity index is 2.30. The lowest BCUT2D eigenvalue weighted by atomic mass is 10.1. The van der Waals surface area contributed by atoms with E-state index in [4.69, 9.17) is 9.47 Å². The topological polar surface area (TPSA) is 81.9 Å². The second kappa shape index (κ2) is 7.56. The van der Waals surface area contributed by atoms with E-state index in [2.05, 4.69) is 0 Å². The van der Waals surface area contributed by atoms with E-state index in [1.165, 1.54) is 12.1 Å². The normalized spacial score (nSPS) is 15.0. The summed E-state index contributed by atoms with van der Waals surface area (Å²) >= 11 is 0. The molecule has 1 aromatic carbocycles. The lowest BCUT2D eigenvalue weighted by Crippen LogP contribution is -2.37. The number of benzene rings is 1. The van der Waals surface area contributed by atoms with Gasteiger partial charge in [0.15, 0.2) is 0 Å². The molecule has 7 nitrogen and oxygen atoms in total. The fourth-order valence-electron chi connectivity index (χ4n) is 2.18. The van der Waals surface area contributed by atoms with E-state index in [1.54, 1.807) is 18.2 Å². The van der Waals surface area contributed by atoms with Crippen molar-refractivity contribution in [3.05, 3.63) is 46.0 Å². The molecule has 0 atom stereocenters. The number of nitro groups is 1. The molecule has 1 aliphatic heterocycles. The molecule has 0 N–H and O–H groups in total. The maximum Gasteiger partial charge on any atom is 0.340 e. The fourth-order valence-corrected chi connectivity index (χ4v) is 2.18. The number of carbonyl (C=O) groups is 1. The Morgan fingerprint density at radius 1 is 1.45 bits per heavy atom. The molecule has 7 heteroatoms. The number of anilines is 1. The second-order valence-corrected chi connectivity index (χ2v) is 4.73. The zero-order valence-corrected chi connectivity index (χ0v) is 12.4. The smallest absolute Gasteiger partial charge is 0.340 e. The van der Waals surface area contributed by atoms with Gasteiger partial charge in [0, 0.05) is 25.2 Å². The Morgan fingerprint density at radius 2 is 2.18 bits per heavy atom. The number of ether oxygens (including phenoxy) is 2. The van der Waals surface area contributed by atoms with Gasteiger partial charge in [0.05, 0.1) is 29.4 Å². The van der Waals surface area contributed by atoms with Gasteiger partial charge in [-0.05, 0) is 13.0 Å². The first-order valence-electron chi connectivity index (χ1n) is 7.03. The van der Waals surface area contributed by atoms with E-state index < -0.39 is 10.9 Å². The molecule has 0 saturated carbocycles. The zero-order valence-electron chi connectivity index (χ0n) is 12.4. The fraction of sp³-hybridized carbons (Fsp3) is 0.400. The van der Waals surface area contributed by atoms with Gasteiger partial charge in [-0.1, -0.05) is 12.2 Å². The summed E-state index contributed by atoms with van der Waals surface area (Å²) in [5.41, 5.74) is 0.718. The van der Waals surface area contributed by atoms with E-state index in [-0.39, 0.29) is 17.9 Å². The SMILES string of the molecule is C/C=C/COC(=O)c1cc([N+](=O)[O-])ccc1N1CCOCC1. The third-order valence-electron chi connectivity index (χ3n) is 3.31. The summed E-state index contributed by atoms with van der Waals surface area (Å²) < 4.78 is 10.4. The second-order valence-electron chi connectivity index (χ2n) is 4.73. The maximum absolute atomic E-state index is 12.2. The van der Waals surface area contributed by atoms with E-state index in [0.29, 0.717) is 32.0 Å². The minimum absolute atomic E-state index is 0.130. The van der Waals surface area contributed by atoms with E-state index >= 15 is 0 Å². The quantitative estimate of drug-likeness (QED) is 0.359. The van der Waals surface area contributed by atoms with Crippen LogP contribution < -0.4 is 4.90 Å². The third-order valence-corrected chi connectivity index (χ3v) is 3.31. The van der Waals surface area contributed by atoms with Gasteiger partial charge in [0.25, 0.3) is 5.69 Å². The van der Waals surface area contributed by atoms with Crippen LogP contribution in [0.1, 0.15) is 17.3 Å². The van der Waals surface area contributed by atoms with Crippen molar-refractivity contribution in [3.63, 3.8) is 0 Å². The summed E-state index contributed by atoms with van der Waals surface area (Å²) in [6, 6.07) is 4.26. The molecular formula is C15H18N2O5. The molecule has 118 valence electrons. The van der Waals surface area contributed by atoms with Gasteiger partial charge >= 0.3 is 5.97 Å². The number of hydrogen-bond acceptors (Lipinski definition) is 6. The first-order chi connectivity index (χ1) is 10.6. The summed E-state index contributed by atoms with van der Waals surface area (Å²) in [7, 11) is 0. The molecule has 1 saturated heterocycles. The maximum atomic E-state index is 12.2. The summed E-state index contributed by atoms with van der Waals surface area (Å²) in [6.45, 7) is 4.34. The molecule has 1 fully saturated rings. The highest BCUT2D eigenvalue weighted by atomic mass is 16.6. The Labute approximate surface area is 128 Å². The largest absolute Gasteiger partial charge is 0.458 e. The molecule has 0 bridgehead atoms. The van der Waals surface area contributed by atoms with Crippen LogP contribution in [0.5, 0.6) is 0 Å².